The van der Waals surface area contributed by atoms with Crippen LogP contribution in [-0.4, -0.2) is 19.4 Å². The lowest BCUT2D eigenvalue weighted by molar-refractivity contribution is 0.858. The lowest BCUT2D eigenvalue weighted by Crippen LogP contribution is -2.12. The molecule has 0 fully saturated rings. The Morgan fingerprint density at radius 2 is 1.24 bits per heavy atom. The van der Waals surface area contributed by atoms with Crippen molar-refractivity contribution in [3.8, 4) is 10.8 Å². The quantitative estimate of drug-likeness (QED) is 0.191. The van der Waals surface area contributed by atoms with Gasteiger partial charge in [-0.25, -0.2) is 4.98 Å². The molecule has 2 unspecified atom stereocenters. The van der Waals surface area contributed by atoms with Gasteiger partial charge in [-0.3, -0.25) is 4.57 Å². The third-order valence-electron chi connectivity index (χ3n) is 9.89. The van der Waals surface area contributed by atoms with Gasteiger partial charge in [0.1, 0.15) is 0 Å². The van der Waals surface area contributed by atoms with Crippen LogP contribution in [0.5, 0.6) is 0 Å². The third-order valence-corrected chi connectivity index (χ3v) is 12.4. The van der Waals surface area contributed by atoms with Crippen molar-refractivity contribution in [3.05, 3.63) is 150 Å². The Labute approximate surface area is 273 Å². The summed E-state index contributed by atoms with van der Waals surface area (Å²) in [7, 11) is 0. The van der Waals surface area contributed by atoms with E-state index in [9.17, 15) is 0 Å². The average molecular weight is 624 g/mol. The van der Waals surface area contributed by atoms with Crippen LogP contribution in [0.1, 0.15) is 22.1 Å². The third kappa shape index (κ3) is 3.36. The Kier molecular flexibility index (Phi) is 5.04. The molecule has 0 spiro atoms. The Hall–Kier alpha value is -5.10. The van der Waals surface area contributed by atoms with Gasteiger partial charge in [-0.1, -0.05) is 96.3 Å². The minimum atomic E-state index is 0.350. The minimum absolute atomic E-state index is 0.350. The van der Waals surface area contributed by atoms with E-state index in [0.29, 0.717) is 11.2 Å². The molecule has 0 saturated carbocycles. The van der Waals surface area contributed by atoms with Crippen LogP contribution in [-0.2, 0) is 0 Å². The topological polar surface area (TPSA) is 22.8 Å². The number of thioether (sulfide) groups is 1. The zero-order chi connectivity index (χ0) is 29.9. The van der Waals surface area contributed by atoms with Gasteiger partial charge in [0.2, 0.25) is 0 Å². The maximum atomic E-state index is 5.34. The van der Waals surface area contributed by atoms with E-state index >= 15 is 0 Å². The van der Waals surface area contributed by atoms with Gasteiger partial charge in [-0.15, -0.1) is 11.8 Å². The number of benzene rings is 6. The van der Waals surface area contributed by atoms with Crippen LogP contribution < -0.4 is 0 Å². The molecule has 9 aromatic rings. The van der Waals surface area contributed by atoms with Gasteiger partial charge in [-0.05, 0) is 70.9 Å². The largest absolute Gasteiger partial charge is 0.309 e. The molecule has 1 aliphatic carbocycles. The predicted octanol–water partition coefficient (Wildman–Crippen LogP) is 11.1. The van der Waals surface area contributed by atoms with E-state index in [2.05, 4.69) is 149 Å². The number of nitrogens with zero attached hydrogens (tertiary/aromatic N) is 3. The summed E-state index contributed by atoms with van der Waals surface area (Å²) in [6.45, 7) is 0. The Morgan fingerprint density at radius 3 is 2.07 bits per heavy atom. The maximum absolute atomic E-state index is 5.34. The molecule has 4 heterocycles. The molecule has 0 N–H and O–H groups in total. The highest BCUT2D eigenvalue weighted by Crippen LogP contribution is 2.54. The van der Waals surface area contributed by atoms with E-state index in [1.54, 1.807) is 0 Å². The summed E-state index contributed by atoms with van der Waals surface area (Å²) < 4.78 is 4.82. The fourth-order valence-electron chi connectivity index (χ4n) is 7.87. The Bertz CT molecular complexity index is 2710. The summed E-state index contributed by atoms with van der Waals surface area (Å²) in [5, 5.41) is 8.99. The molecular weight excluding hydrogens is 599 g/mol. The highest BCUT2D eigenvalue weighted by atomic mass is 32.2. The van der Waals surface area contributed by atoms with E-state index in [1.165, 1.54) is 75.4 Å². The smallest absolute Gasteiger partial charge is 0.195 e. The zero-order valence-corrected chi connectivity index (χ0v) is 26.2. The van der Waals surface area contributed by atoms with Crippen molar-refractivity contribution in [2.45, 2.75) is 16.1 Å². The van der Waals surface area contributed by atoms with E-state index in [1.807, 2.05) is 23.1 Å². The van der Waals surface area contributed by atoms with Gasteiger partial charge >= 0.3 is 0 Å². The second kappa shape index (κ2) is 9.23. The standard InChI is InChI=1S/C41H25N3S2/c1-2-10-25-22-36-30(21-24(25)9-1)31-23-26(43-33-14-6-3-11-27(33)28-12-4-7-15-34(28)43)17-19-35(31)44(36)41-42-32-18-20-38-39(40(32)46-41)29-13-5-8-16-37(29)45-38/h1-23,38-39H. The highest BCUT2D eigenvalue weighted by molar-refractivity contribution is 8.00. The predicted molar refractivity (Wildman–Crippen MR) is 195 cm³/mol. The maximum Gasteiger partial charge on any atom is 0.195 e. The van der Waals surface area contributed by atoms with Gasteiger partial charge in [0.05, 0.1) is 27.8 Å². The lowest BCUT2D eigenvalue weighted by Gasteiger charge is -2.19. The first-order chi connectivity index (χ1) is 22.8. The average Bonchev–Trinajstić information content (AvgIpc) is 3.85. The van der Waals surface area contributed by atoms with Crippen LogP contribution in [0.2, 0.25) is 0 Å². The summed E-state index contributed by atoms with van der Waals surface area (Å²) in [6.07, 6.45) is 4.61. The number of hydrogen-bond acceptors (Lipinski definition) is 3. The molecule has 1 aliphatic heterocycles. The number of rotatable bonds is 2. The fraction of sp³-hybridized carbons (Fsp3) is 0.0488. The van der Waals surface area contributed by atoms with Crippen molar-refractivity contribution < 1.29 is 0 Å². The van der Waals surface area contributed by atoms with E-state index in [4.69, 9.17) is 4.98 Å². The first kappa shape index (κ1) is 25.1. The normalized spacial score (nSPS) is 17.0. The van der Waals surface area contributed by atoms with Gasteiger partial charge in [0.25, 0.3) is 0 Å². The lowest BCUT2D eigenvalue weighted by atomic mass is 9.90. The molecule has 216 valence electrons. The first-order valence-electron chi connectivity index (χ1n) is 15.7. The van der Waals surface area contributed by atoms with Crippen LogP contribution in [0.15, 0.2) is 138 Å². The van der Waals surface area contributed by atoms with Crippen LogP contribution in [0.4, 0.5) is 0 Å². The van der Waals surface area contributed by atoms with Gasteiger partial charge < -0.3 is 4.57 Å². The van der Waals surface area contributed by atoms with Crippen molar-refractivity contribution in [1.29, 1.82) is 0 Å². The van der Waals surface area contributed by atoms with E-state index in [-0.39, 0.29) is 0 Å². The highest BCUT2D eigenvalue weighted by Gasteiger charge is 2.38. The summed E-state index contributed by atoms with van der Waals surface area (Å²) in [6, 6.07) is 46.8. The summed E-state index contributed by atoms with van der Waals surface area (Å²) in [5.74, 6) is 0.350. The van der Waals surface area contributed by atoms with Gasteiger partial charge in [-0.2, -0.15) is 0 Å². The SMILES string of the molecule is C1=CC2Sc3ccccc3C2c2sc(-n3c4ccc(-n5c6ccccc6c6ccccc65)cc4c4cc5ccccc5cc43)nc21. The van der Waals surface area contributed by atoms with Crippen LogP contribution in [0.3, 0.4) is 0 Å². The van der Waals surface area contributed by atoms with Crippen LogP contribution in [0, 0.1) is 0 Å². The zero-order valence-electron chi connectivity index (χ0n) is 24.6. The molecule has 2 atom stereocenters. The molecule has 0 saturated heterocycles. The summed E-state index contributed by atoms with van der Waals surface area (Å²) >= 11 is 3.84. The molecule has 46 heavy (non-hydrogen) atoms. The number of thiazole rings is 1. The fourth-order valence-corrected chi connectivity index (χ4v) is 10.6. The molecule has 0 radical (unpaired) electrons. The monoisotopic (exact) mass is 623 g/mol. The van der Waals surface area contributed by atoms with Crippen molar-refractivity contribution in [3.63, 3.8) is 0 Å². The molecule has 5 heteroatoms. The van der Waals surface area contributed by atoms with Crippen molar-refractivity contribution in [1.82, 2.24) is 14.1 Å². The van der Waals surface area contributed by atoms with Crippen molar-refractivity contribution in [2.24, 2.45) is 0 Å². The van der Waals surface area contributed by atoms with Crippen LogP contribution in [0.25, 0.3) is 71.3 Å². The molecule has 3 aromatic heterocycles. The minimum Gasteiger partial charge on any atom is -0.309 e. The second-order valence-corrected chi connectivity index (χ2v) is 14.6. The number of fused-ring (bicyclic) bond motifs is 12. The van der Waals surface area contributed by atoms with Gasteiger partial charge in [0.15, 0.2) is 5.13 Å². The van der Waals surface area contributed by atoms with Crippen molar-refractivity contribution in [2.75, 3.05) is 0 Å². The van der Waals surface area contributed by atoms with E-state index in [0.717, 1.165) is 10.8 Å². The Balaban J connectivity index is 1.19. The summed E-state index contributed by atoms with van der Waals surface area (Å²) in [5.41, 5.74) is 8.53. The Morgan fingerprint density at radius 1 is 0.565 bits per heavy atom. The molecule has 0 amide bonds. The number of hydrogen-bond donors (Lipinski definition) is 0. The van der Waals surface area contributed by atoms with Gasteiger partial charge in [0, 0.05) is 48.2 Å². The molecular formula is C41H25N3S2. The second-order valence-electron chi connectivity index (χ2n) is 12.3. The van der Waals surface area contributed by atoms with E-state index < -0.39 is 0 Å². The summed E-state index contributed by atoms with van der Waals surface area (Å²) in [4.78, 5) is 8.11. The van der Waals surface area contributed by atoms with Crippen molar-refractivity contribution >= 4 is 83.6 Å². The molecule has 0 bridgehead atoms. The molecule has 11 rings (SSSR count). The molecule has 3 nitrogen and oxygen atoms in total. The number of para-hydroxylation sites is 2. The van der Waals surface area contributed by atoms with Crippen LogP contribution >= 0.6 is 23.1 Å². The molecule has 6 aromatic carbocycles. The first-order valence-corrected chi connectivity index (χ1v) is 17.4. The number of aromatic nitrogens is 3. The molecule has 2 aliphatic rings.